The van der Waals surface area contributed by atoms with Crippen LogP contribution in [0, 0.1) is 17.7 Å². The van der Waals surface area contributed by atoms with Gasteiger partial charge in [-0.15, -0.1) is 0 Å². The zero-order valence-corrected chi connectivity index (χ0v) is 17.5. The number of halogens is 1. The van der Waals surface area contributed by atoms with E-state index in [1.54, 1.807) is 12.1 Å². The molecule has 2 amide bonds. The molecule has 30 heavy (non-hydrogen) atoms. The van der Waals surface area contributed by atoms with Gasteiger partial charge in [0.25, 0.3) is 0 Å². The van der Waals surface area contributed by atoms with E-state index in [9.17, 15) is 9.18 Å². The second-order valence-corrected chi connectivity index (χ2v) is 8.65. The minimum atomic E-state index is -0.264. The minimum absolute atomic E-state index is 0.0945. The van der Waals surface area contributed by atoms with Gasteiger partial charge in [0.15, 0.2) is 0 Å². The van der Waals surface area contributed by atoms with Gasteiger partial charge in [0.05, 0.1) is 6.61 Å². The van der Waals surface area contributed by atoms with Crippen LogP contribution < -0.4 is 10.1 Å². The van der Waals surface area contributed by atoms with Gasteiger partial charge in [0, 0.05) is 38.6 Å². The summed E-state index contributed by atoms with van der Waals surface area (Å²) in [5, 5.41) is 3.03. The second kappa shape index (κ2) is 9.47. The number of amides is 2. The van der Waals surface area contributed by atoms with Crippen LogP contribution in [0.15, 0.2) is 48.5 Å². The Hall–Kier alpha value is -2.60. The molecule has 0 aromatic heterocycles. The molecule has 1 N–H and O–H groups in total. The van der Waals surface area contributed by atoms with Crippen molar-refractivity contribution in [1.82, 2.24) is 15.1 Å². The van der Waals surface area contributed by atoms with Crippen molar-refractivity contribution in [3.05, 3.63) is 65.5 Å². The number of hydrogen-bond donors (Lipinski definition) is 1. The molecule has 4 rings (SSSR count). The predicted octanol–water partition coefficient (Wildman–Crippen LogP) is 3.89. The van der Waals surface area contributed by atoms with Crippen molar-refractivity contribution in [3.8, 4) is 5.75 Å². The highest BCUT2D eigenvalue weighted by Gasteiger charge is 2.27. The zero-order chi connectivity index (χ0) is 20.9. The number of urea groups is 1. The molecule has 6 heteroatoms. The Labute approximate surface area is 177 Å². The first-order valence-corrected chi connectivity index (χ1v) is 10.7. The Morgan fingerprint density at radius 1 is 1.07 bits per heavy atom. The number of benzene rings is 2. The highest BCUT2D eigenvalue weighted by atomic mass is 19.1. The summed E-state index contributed by atoms with van der Waals surface area (Å²) < 4.78 is 19.0. The van der Waals surface area contributed by atoms with E-state index in [4.69, 9.17) is 4.74 Å². The van der Waals surface area contributed by atoms with Crippen molar-refractivity contribution < 1.29 is 13.9 Å². The van der Waals surface area contributed by atoms with Gasteiger partial charge in [-0.3, -0.25) is 0 Å². The van der Waals surface area contributed by atoms with E-state index in [1.807, 2.05) is 29.2 Å². The standard InChI is InChI=1S/C24H30FN3O2/c1-27-13-21(14-27)16-28(15-19-4-8-22(25)9-5-19)24(29)26-12-18-6-10-23(11-7-18)30-17-20-2-3-20/h4-11,20-21H,2-3,12-17H2,1H3,(H,26,29). The third-order valence-corrected chi connectivity index (χ3v) is 5.74. The first kappa shape index (κ1) is 20.7. The highest BCUT2D eigenvalue weighted by molar-refractivity contribution is 5.74. The van der Waals surface area contributed by atoms with Gasteiger partial charge in [-0.2, -0.15) is 0 Å². The summed E-state index contributed by atoms with van der Waals surface area (Å²) in [6, 6.07) is 14.2. The molecular weight excluding hydrogens is 381 g/mol. The van der Waals surface area contributed by atoms with Crippen molar-refractivity contribution in [1.29, 1.82) is 0 Å². The molecule has 0 bridgehead atoms. The fourth-order valence-electron chi connectivity index (χ4n) is 3.78. The van der Waals surface area contributed by atoms with Crippen molar-refractivity contribution in [2.45, 2.75) is 25.9 Å². The summed E-state index contributed by atoms with van der Waals surface area (Å²) in [6.07, 6.45) is 2.55. The molecule has 5 nitrogen and oxygen atoms in total. The fraction of sp³-hybridized carbons (Fsp3) is 0.458. The molecule has 1 saturated carbocycles. The van der Waals surface area contributed by atoms with Crippen molar-refractivity contribution in [2.24, 2.45) is 11.8 Å². The minimum Gasteiger partial charge on any atom is -0.493 e. The molecule has 1 saturated heterocycles. The van der Waals surface area contributed by atoms with E-state index >= 15 is 0 Å². The van der Waals surface area contributed by atoms with Crippen LogP contribution in [0.25, 0.3) is 0 Å². The van der Waals surface area contributed by atoms with Gasteiger partial charge < -0.3 is 19.9 Å². The molecule has 2 aromatic rings. The van der Waals surface area contributed by atoms with E-state index in [2.05, 4.69) is 17.3 Å². The van der Waals surface area contributed by atoms with Crippen molar-refractivity contribution in [2.75, 3.05) is 33.3 Å². The molecule has 2 aromatic carbocycles. The maximum atomic E-state index is 13.2. The lowest BCUT2D eigenvalue weighted by Crippen LogP contribution is -2.51. The Balaban J connectivity index is 1.31. The molecular formula is C24H30FN3O2. The second-order valence-electron chi connectivity index (χ2n) is 8.65. The summed E-state index contributed by atoms with van der Waals surface area (Å²) in [7, 11) is 2.08. The largest absolute Gasteiger partial charge is 0.493 e. The third kappa shape index (κ3) is 5.95. The van der Waals surface area contributed by atoms with Crippen LogP contribution in [0.2, 0.25) is 0 Å². The molecule has 0 atom stereocenters. The summed E-state index contributed by atoms with van der Waals surface area (Å²) in [4.78, 5) is 17.0. The number of hydrogen-bond acceptors (Lipinski definition) is 3. The van der Waals surface area contributed by atoms with E-state index in [-0.39, 0.29) is 11.8 Å². The SMILES string of the molecule is CN1CC(CN(Cc2ccc(F)cc2)C(=O)NCc2ccc(OCC3CC3)cc2)C1. The van der Waals surface area contributed by atoms with Gasteiger partial charge >= 0.3 is 6.03 Å². The lowest BCUT2D eigenvalue weighted by atomic mass is 10.0. The van der Waals surface area contributed by atoms with Crippen LogP contribution in [0.1, 0.15) is 24.0 Å². The first-order chi connectivity index (χ1) is 14.5. The Kier molecular flexibility index (Phi) is 6.53. The van der Waals surface area contributed by atoms with Crippen LogP contribution in [-0.2, 0) is 13.1 Å². The van der Waals surface area contributed by atoms with Gasteiger partial charge in [-0.1, -0.05) is 24.3 Å². The average molecular weight is 412 g/mol. The summed E-state index contributed by atoms with van der Waals surface area (Å²) >= 11 is 0. The summed E-state index contributed by atoms with van der Waals surface area (Å²) in [6.45, 7) is 4.42. The normalized spacial score (nSPS) is 16.7. The van der Waals surface area contributed by atoms with E-state index in [0.717, 1.165) is 42.5 Å². The maximum Gasteiger partial charge on any atom is 0.317 e. The number of nitrogens with one attached hydrogen (secondary N) is 1. The number of carbonyl (C=O) groups excluding carboxylic acids is 1. The average Bonchev–Trinajstić information content (AvgIpc) is 3.55. The molecule has 160 valence electrons. The predicted molar refractivity (Wildman–Crippen MR) is 115 cm³/mol. The zero-order valence-electron chi connectivity index (χ0n) is 17.5. The lowest BCUT2D eigenvalue weighted by Gasteiger charge is -2.39. The third-order valence-electron chi connectivity index (χ3n) is 5.74. The first-order valence-electron chi connectivity index (χ1n) is 10.7. The van der Waals surface area contributed by atoms with E-state index < -0.39 is 0 Å². The molecule has 2 aliphatic rings. The van der Waals surface area contributed by atoms with Crippen LogP contribution in [0.3, 0.4) is 0 Å². The van der Waals surface area contributed by atoms with E-state index in [0.29, 0.717) is 25.6 Å². The van der Waals surface area contributed by atoms with Crippen LogP contribution in [0.4, 0.5) is 9.18 Å². The summed E-state index contributed by atoms with van der Waals surface area (Å²) in [5.41, 5.74) is 1.96. The van der Waals surface area contributed by atoms with Gasteiger partial charge in [-0.05, 0) is 61.2 Å². The van der Waals surface area contributed by atoms with Gasteiger partial charge in [0.2, 0.25) is 0 Å². The van der Waals surface area contributed by atoms with Crippen molar-refractivity contribution in [3.63, 3.8) is 0 Å². The Morgan fingerprint density at radius 2 is 1.73 bits per heavy atom. The van der Waals surface area contributed by atoms with Crippen molar-refractivity contribution >= 4 is 6.03 Å². The molecule has 1 aliphatic heterocycles. The molecule has 2 fully saturated rings. The topological polar surface area (TPSA) is 44.8 Å². The Bertz CT molecular complexity index is 831. The molecule has 1 aliphatic carbocycles. The molecule has 0 unspecified atom stereocenters. The number of likely N-dealkylation sites (tertiary alicyclic amines) is 1. The molecule has 1 heterocycles. The van der Waals surface area contributed by atoms with Crippen LogP contribution >= 0.6 is 0 Å². The van der Waals surface area contributed by atoms with E-state index in [1.165, 1.54) is 25.0 Å². The number of rotatable bonds is 9. The monoisotopic (exact) mass is 411 g/mol. The van der Waals surface area contributed by atoms with Crippen LogP contribution in [-0.4, -0.2) is 49.1 Å². The maximum absolute atomic E-state index is 13.2. The fourth-order valence-corrected chi connectivity index (χ4v) is 3.78. The highest BCUT2D eigenvalue weighted by Crippen LogP contribution is 2.29. The van der Waals surface area contributed by atoms with Gasteiger partial charge in [0.1, 0.15) is 11.6 Å². The summed E-state index contributed by atoms with van der Waals surface area (Å²) in [5.74, 6) is 1.82. The Morgan fingerprint density at radius 3 is 2.37 bits per heavy atom. The number of nitrogens with zero attached hydrogens (tertiary/aromatic N) is 2. The smallest absolute Gasteiger partial charge is 0.317 e. The van der Waals surface area contributed by atoms with Crippen LogP contribution in [0.5, 0.6) is 5.75 Å². The number of ether oxygens (including phenoxy) is 1. The number of carbonyl (C=O) groups is 1. The quantitative estimate of drug-likeness (QED) is 0.681. The van der Waals surface area contributed by atoms with Gasteiger partial charge in [-0.25, -0.2) is 9.18 Å². The molecule has 0 spiro atoms. The lowest BCUT2D eigenvalue weighted by molar-refractivity contribution is 0.0966. The molecule has 0 radical (unpaired) electrons.